The van der Waals surface area contributed by atoms with Gasteiger partial charge in [-0.3, -0.25) is 0 Å². The monoisotopic (exact) mass is 422 g/mol. The fraction of sp³-hybridized carbons (Fsp3) is 0.0769. The molecule has 0 aliphatic carbocycles. The van der Waals surface area contributed by atoms with Crippen molar-refractivity contribution < 1.29 is 4.74 Å². The van der Waals surface area contributed by atoms with Crippen molar-refractivity contribution in [1.29, 1.82) is 0 Å². The van der Waals surface area contributed by atoms with Gasteiger partial charge in [0, 0.05) is 8.90 Å². The number of ether oxygens (including phenoxy) is 1. The molecular weight excluding hydrogens is 414 g/mol. The van der Waals surface area contributed by atoms with Crippen LogP contribution in [0, 0.1) is 3.57 Å². The predicted molar refractivity (Wildman–Crippen MR) is 83.3 cm³/mol. The van der Waals surface area contributed by atoms with Crippen LogP contribution in [-0.2, 0) is 5.33 Å². The van der Waals surface area contributed by atoms with Crippen LogP contribution in [0.25, 0.3) is 0 Å². The van der Waals surface area contributed by atoms with Gasteiger partial charge >= 0.3 is 0 Å². The first-order chi connectivity index (χ1) is 8.19. The molecule has 0 aliphatic rings. The molecule has 2 aromatic carbocycles. The number of benzene rings is 2. The highest BCUT2D eigenvalue weighted by Crippen LogP contribution is 2.31. The molecule has 1 nitrogen and oxygen atoms in total. The third-order valence-electron chi connectivity index (χ3n) is 2.17. The van der Waals surface area contributed by atoms with E-state index in [4.69, 9.17) is 16.3 Å². The lowest BCUT2D eigenvalue weighted by Crippen LogP contribution is -1.87. The summed E-state index contributed by atoms with van der Waals surface area (Å²) in [6.45, 7) is 0. The molecule has 0 spiro atoms. The summed E-state index contributed by atoms with van der Waals surface area (Å²) in [7, 11) is 0. The number of hydrogen-bond acceptors (Lipinski definition) is 1. The van der Waals surface area contributed by atoms with Gasteiger partial charge in [0.2, 0.25) is 0 Å². The molecule has 17 heavy (non-hydrogen) atoms. The topological polar surface area (TPSA) is 9.23 Å². The second-order valence-electron chi connectivity index (χ2n) is 3.46. The summed E-state index contributed by atoms with van der Waals surface area (Å²) in [5.74, 6) is 1.48. The van der Waals surface area contributed by atoms with E-state index in [0.29, 0.717) is 10.8 Å². The van der Waals surface area contributed by atoms with Crippen molar-refractivity contribution in [3.8, 4) is 11.5 Å². The molecular formula is C13H9BrClIO. The summed E-state index contributed by atoms with van der Waals surface area (Å²) >= 11 is 11.8. The Morgan fingerprint density at radius 3 is 2.65 bits per heavy atom. The lowest BCUT2D eigenvalue weighted by Gasteiger charge is -2.08. The summed E-state index contributed by atoms with van der Waals surface area (Å²) in [6.07, 6.45) is 0. The van der Waals surface area contributed by atoms with E-state index in [0.717, 1.165) is 20.2 Å². The van der Waals surface area contributed by atoms with Gasteiger partial charge in [-0.05, 0) is 58.5 Å². The van der Waals surface area contributed by atoms with Gasteiger partial charge in [-0.15, -0.1) is 0 Å². The Balaban J connectivity index is 2.24. The molecule has 0 saturated heterocycles. The zero-order valence-corrected chi connectivity index (χ0v) is 13.3. The molecule has 0 heterocycles. The van der Waals surface area contributed by atoms with E-state index in [1.54, 1.807) is 0 Å². The number of rotatable bonds is 3. The summed E-state index contributed by atoms with van der Waals surface area (Å²) in [6, 6.07) is 13.6. The number of halogens is 3. The van der Waals surface area contributed by atoms with E-state index >= 15 is 0 Å². The minimum absolute atomic E-state index is 0.626. The second kappa shape index (κ2) is 6.07. The first kappa shape index (κ1) is 13.2. The second-order valence-corrected chi connectivity index (χ2v) is 5.67. The van der Waals surface area contributed by atoms with E-state index in [1.807, 2.05) is 42.5 Å². The zero-order chi connectivity index (χ0) is 12.3. The summed E-state index contributed by atoms with van der Waals surface area (Å²) in [5, 5.41) is 1.41. The molecule has 88 valence electrons. The SMILES string of the molecule is Clc1cc(CBr)ccc1Oc1cccc(I)c1. The molecule has 0 N–H and O–H groups in total. The highest BCUT2D eigenvalue weighted by molar-refractivity contribution is 14.1. The third-order valence-corrected chi connectivity index (χ3v) is 3.79. The summed E-state index contributed by atoms with van der Waals surface area (Å²) in [4.78, 5) is 0. The van der Waals surface area contributed by atoms with E-state index in [9.17, 15) is 0 Å². The fourth-order valence-corrected chi connectivity index (χ4v) is 2.47. The first-order valence-corrected chi connectivity index (χ1v) is 7.54. The largest absolute Gasteiger partial charge is 0.456 e. The minimum Gasteiger partial charge on any atom is -0.456 e. The van der Waals surface area contributed by atoms with Crippen molar-refractivity contribution in [2.24, 2.45) is 0 Å². The van der Waals surface area contributed by atoms with E-state index in [2.05, 4.69) is 38.5 Å². The smallest absolute Gasteiger partial charge is 0.146 e. The molecule has 0 saturated carbocycles. The van der Waals surface area contributed by atoms with Crippen molar-refractivity contribution in [1.82, 2.24) is 0 Å². The molecule has 4 heteroatoms. The van der Waals surface area contributed by atoms with Crippen molar-refractivity contribution in [2.45, 2.75) is 5.33 Å². The van der Waals surface area contributed by atoms with Crippen LogP contribution in [0.4, 0.5) is 0 Å². The Morgan fingerprint density at radius 2 is 2.00 bits per heavy atom. The van der Waals surface area contributed by atoms with Gasteiger partial charge in [0.25, 0.3) is 0 Å². The van der Waals surface area contributed by atoms with Crippen molar-refractivity contribution in [2.75, 3.05) is 0 Å². The number of hydrogen-bond donors (Lipinski definition) is 0. The molecule has 0 radical (unpaired) electrons. The molecule has 0 unspecified atom stereocenters. The minimum atomic E-state index is 0.626. The molecule has 2 aromatic rings. The standard InChI is InChI=1S/C13H9BrClIO/c14-8-9-4-5-13(12(15)6-9)17-11-3-1-2-10(16)7-11/h1-7H,8H2. The maximum absolute atomic E-state index is 6.15. The van der Waals surface area contributed by atoms with Gasteiger partial charge in [-0.2, -0.15) is 0 Å². The van der Waals surface area contributed by atoms with Crippen LogP contribution in [0.1, 0.15) is 5.56 Å². The average Bonchev–Trinajstić information content (AvgIpc) is 2.32. The number of alkyl halides is 1. The van der Waals surface area contributed by atoms with Gasteiger partial charge in [0.05, 0.1) is 5.02 Å². The van der Waals surface area contributed by atoms with Crippen LogP contribution in [0.5, 0.6) is 11.5 Å². The third kappa shape index (κ3) is 3.60. The van der Waals surface area contributed by atoms with E-state index < -0.39 is 0 Å². The van der Waals surface area contributed by atoms with Crippen LogP contribution in [-0.4, -0.2) is 0 Å². The van der Waals surface area contributed by atoms with Crippen molar-refractivity contribution in [3.63, 3.8) is 0 Å². The summed E-state index contributed by atoms with van der Waals surface area (Å²) < 4.78 is 6.87. The lowest BCUT2D eigenvalue weighted by atomic mass is 10.2. The molecule has 0 bridgehead atoms. The quantitative estimate of drug-likeness (QED) is 0.459. The van der Waals surface area contributed by atoms with Gasteiger partial charge in [-0.25, -0.2) is 0 Å². The normalized spacial score (nSPS) is 10.3. The average molecular weight is 423 g/mol. The van der Waals surface area contributed by atoms with Crippen molar-refractivity contribution >= 4 is 50.1 Å². The van der Waals surface area contributed by atoms with E-state index in [1.165, 1.54) is 0 Å². The van der Waals surface area contributed by atoms with Gasteiger partial charge in [-0.1, -0.05) is 39.7 Å². The Labute approximate surface area is 127 Å². The maximum atomic E-state index is 6.15. The van der Waals surface area contributed by atoms with Gasteiger partial charge in [0.15, 0.2) is 0 Å². The Morgan fingerprint density at radius 1 is 1.18 bits per heavy atom. The molecule has 2 rings (SSSR count). The molecule has 0 aliphatic heterocycles. The highest BCUT2D eigenvalue weighted by atomic mass is 127. The Bertz CT molecular complexity index is 531. The fourth-order valence-electron chi connectivity index (χ4n) is 1.37. The molecule has 0 amide bonds. The maximum Gasteiger partial charge on any atom is 0.146 e. The summed E-state index contributed by atoms with van der Waals surface area (Å²) in [5.41, 5.74) is 1.13. The zero-order valence-electron chi connectivity index (χ0n) is 8.79. The predicted octanol–water partition coefficient (Wildman–Crippen LogP) is 5.63. The molecule has 0 atom stereocenters. The molecule has 0 fully saturated rings. The Hall–Kier alpha value is -0.260. The lowest BCUT2D eigenvalue weighted by molar-refractivity contribution is 0.482. The van der Waals surface area contributed by atoms with Crippen LogP contribution in [0.2, 0.25) is 5.02 Å². The van der Waals surface area contributed by atoms with Crippen LogP contribution in [0.3, 0.4) is 0 Å². The van der Waals surface area contributed by atoms with Crippen LogP contribution < -0.4 is 4.74 Å². The first-order valence-electron chi connectivity index (χ1n) is 4.97. The van der Waals surface area contributed by atoms with Gasteiger partial charge < -0.3 is 4.74 Å². The Kier molecular flexibility index (Phi) is 4.70. The van der Waals surface area contributed by atoms with Crippen LogP contribution >= 0.6 is 50.1 Å². The van der Waals surface area contributed by atoms with E-state index in [-0.39, 0.29) is 0 Å². The van der Waals surface area contributed by atoms with Crippen LogP contribution in [0.15, 0.2) is 42.5 Å². The molecule has 0 aromatic heterocycles. The highest BCUT2D eigenvalue weighted by Gasteiger charge is 2.04. The van der Waals surface area contributed by atoms with Crippen molar-refractivity contribution in [3.05, 3.63) is 56.6 Å². The van der Waals surface area contributed by atoms with Gasteiger partial charge in [0.1, 0.15) is 11.5 Å².